The molecule has 1 amide bonds. The second kappa shape index (κ2) is 7.62. The maximum atomic E-state index is 12.2. The van der Waals surface area contributed by atoms with Gasteiger partial charge in [0, 0.05) is 13.1 Å². The fourth-order valence-electron chi connectivity index (χ4n) is 1.58. The molecule has 1 heterocycles. The summed E-state index contributed by atoms with van der Waals surface area (Å²) in [4.78, 5) is 17.9. The number of nitrogens with one attached hydrogen (secondary N) is 1. The molecule has 6 heteroatoms. The summed E-state index contributed by atoms with van der Waals surface area (Å²) in [5.41, 5.74) is 2.73. The molecular formula is C12H20N4O2. The maximum absolute atomic E-state index is 12.2. The van der Waals surface area contributed by atoms with E-state index in [4.69, 9.17) is 10.9 Å². The van der Waals surface area contributed by atoms with Crippen LogP contribution in [0.25, 0.3) is 0 Å². The zero-order valence-corrected chi connectivity index (χ0v) is 10.6. The second-order valence-electron chi connectivity index (χ2n) is 3.92. The number of carbonyl (C=O) groups is 1. The largest absolute Gasteiger partial charge is 0.395 e. The number of aliphatic hydroxyl groups excluding tert-OH is 1. The fourth-order valence-corrected chi connectivity index (χ4v) is 1.58. The number of pyridine rings is 1. The Bertz CT molecular complexity index is 384. The number of hydrogen-bond acceptors (Lipinski definition) is 5. The zero-order valence-electron chi connectivity index (χ0n) is 10.6. The van der Waals surface area contributed by atoms with Crippen molar-refractivity contribution in [2.75, 3.05) is 25.1 Å². The highest BCUT2D eigenvalue weighted by atomic mass is 16.3. The van der Waals surface area contributed by atoms with Crippen molar-refractivity contribution in [2.24, 2.45) is 5.84 Å². The summed E-state index contributed by atoms with van der Waals surface area (Å²) in [6, 6.07) is 5.03. The van der Waals surface area contributed by atoms with E-state index in [0.717, 1.165) is 12.8 Å². The number of aliphatic hydroxyl groups is 1. The van der Waals surface area contributed by atoms with Crippen molar-refractivity contribution in [1.82, 2.24) is 9.88 Å². The number of amides is 1. The summed E-state index contributed by atoms with van der Waals surface area (Å²) in [6.07, 6.45) is 1.90. The third-order valence-electron chi connectivity index (χ3n) is 2.55. The molecule has 0 spiro atoms. The van der Waals surface area contributed by atoms with E-state index in [-0.39, 0.29) is 12.5 Å². The van der Waals surface area contributed by atoms with Crippen LogP contribution in [0.2, 0.25) is 0 Å². The molecule has 0 atom stereocenters. The Balaban J connectivity index is 2.79. The molecule has 1 aromatic rings. The Morgan fingerprint density at radius 2 is 2.28 bits per heavy atom. The Morgan fingerprint density at radius 1 is 1.50 bits per heavy atom. The number of carbonyl (C=O) groups excluding carboxylic acids is 1. The number of aromatic nitrogens is 1. The standard InChI is InChI=1S/C12H20N4O2/c1-2-3-7-16(8-9-17)12(18)10-5-4-6-11(14-10)15-13/h4-6,17H,2-3,7-9,13H2,1H3,(H,14,15). The van der Waals surface area contributed by atoms with Crippen LogP contribution in [-0.2, 0) is 0 Å². The number of hydrazine groups is 1. The predicted molar refractivity (Wildman–Crippen MR) is 69.9 cm³/mol. The summed E-state index contributed by atoms with van der Waals surface area (Å²) < 4.78 is 0. The topological polar surface area (TPSA) is 91.5 Å². The monoisotopic (exact) mass is 252 g/mol. The molecule has 0 radical (unpaired) electrons. The number of nitrogen functional groups attached to an aromatic ring is 1. The Labute approximate surface area is 107 Å². The van der Waals surface area contributed by atoms with Gasteiger partial charge in [-0.1, -0.05) is 19.4 Å². The highest BCUT2D eigenvalue weighted by molar-refractivity contribution is 5.92. The number of anilines is 1. The van der Waals surface area contributed by atoms with Crippen LogP contribution in [-0.4, -0.2) is 40.6 Å². The van der Waals surface area contributed by atoms with Gasteiger partial charge in [-0.3, -0.25) is 4.79 Å². The maximum Gasteiger partial charge on any atom is 0.272 e. The Kier molecular flexibility index (Phi) is 6.10. The molecular weight excluding hydrogens is 232 g/mol. The minimum Gasteiger partial charge on any atom is -0.395 e. The van der Waals surface area contributed by atoms with Gasteiger partial charge in [-0.15, -0.1) is 0 Å². The predicted octanol–water partition coefficient (Wildman–Crippen LogP) is 0.602. The molecule has 0 saturated heterocycles. The van der Waals surface area contributed by atoms with Crippen LogP contribution in [0.3, 0.4) is 0 Å². The number of rotatable bonds is 7. The Hall–Kier alpha value is -1.66. The van der Waals surface area contributed by atoms with Crippen molar-refractivity contribution in [1.29, 1.82) is 0 Å². The van der Waals surface area contributed by atoms with E-state index in [1.807, 2.05) is 0 Å². The molecule has 6 nitrogen and oxygen atoms in total. The van der Waals surface area contributed by atoms with Gasteiger partial charge < -0.3 is 15.4 Å². The van der Waals surface area contributed by atoms with Gasteiger partial charge in [-0.25, -0.2) is 10.8 Å². The first kappa shape index (κ1) is 14.4. The highest BCUT2D eigenvalue weighted by Gasteiger charge is 2.16. The normalized spacial score (nSPS) is 10.2. The van der Waals surface area contributed by atoms with Gasteiger partial charge in [0.1, 0.15) is 11.5 Å². The van der Waals surface area contributed by atoms with Crippen LogP contribution in [0.1, 0.15) is 30.3 Å². The lowest BCUT2D eigenvalue weighted by molar-refractivity contribution is 0.0713. The smallest absolute Gasteiger partial charge is 0.272 e. The average Bonchev–Trinajstić information content (AvgIpc) is 2.42. The molecule has 18 heavy (non-hydrogen) atoms. The van der Waals surface area contributed by atoms with Crippen molar-refractivity contribution in [2.45, 2.75) is 19.8 Å². The molecule has 0 aliphatic heterocycles. The summed E-state index contributed by atoms with van der Waals surface area (Å²) >= 11 is 0. The van der Waals surface area contributed by atoms with Crippen molar-refractivity contribution in [3.05, 3.63) is 23.9 Å². The molecule has 4 N–H and O–H groups in total. The second-order valence-corrected chi connectivity index (χ2v) is 3.92. The van der Waals surface area contributed by atoms with Gasteiger partial charge >= 0.3 is 0 Å². The first-order chi connectivity index (χ1) is 8.72. The summed E-state index contributed by atoms with van der Waals surface area (Å²) in [5.74, 6) is 5.52. The molecule has 0 fully saturated rings. The van der Waals surface area contributed by atoms with Crippen molar-refractivity contribution in [3.63, 3.8) is 0 Å². The van der Waals surface area contributed by atoms with Crippen molar-refractivity contribution < 1.29 is 9.90 Å². The molecule has 0 aromatic carbocycles. The van der Waals surface area contributed by atoms with Gasteiger partial charge in [0.05, 0.1) is 6.61 Å². The lowest BCUT2D eigenvalue weighted by Crippen LogP contribution is -2.35. The third-order valence-corrected chi connectivity index (χ3v) is 2.55. The van der Waals surface area contributed by atoms with Crippen LogP contribution >= 0.6 is 0 Å². The minimum absolute atomic E-state index is 0.0513. The van der Waals surface area contributed by atoms with E-state index in [0.29, 0.717) is 24.6 Å². The number of nitrogens with two attached hydrogens (primary N) is 1. The van der Waals surface area contributed by atoms with Crippen LogP contribution in [0.4, 0.5) is 5.82 Å². The summed E-state index contributed by atoms with van der Waals surface area (Å²) in [7, 11) is 0. The van der Waals surface area contributed by atoms with E-state index >= 15 is 0 Å². The molecule has 0 aliphatic rings. The number of hydrogen-bond donors (Lipinski definition) is 3. The fraction of sp³-hybridized carbons (Fsp3) is 0.500. The first-order valence-electron chi connectivity index (χ1n) is 6.06. The number of unbranched alkanes of at least 4 members (excludes halogenated alkanes) is 1. The van der Waals surface area contributed by atoms with Crippen molar-refractivity contribution >= 4 is 11.7 Å². The zero-order chi connectivity index (χ0) is 13.4. The van der Waals surface area contributed by atoms with Gasteiger partial charge in [0.2, 0.25) is 0 Å². The van der Waals surface area contributed by atoms with Crippen LogP contribution in [0, 0.1) is 0 Å². The third kappa shape index (κ3) is 3.97. The van der Waals surface area contributed by atoms with E-state index < -0.39 is 0 Å². The highest BCUT2D eigenvalue weighted by Crippen LogP contribution is 2.07. The summed E-state index contributed by atoms with van der Waals surface area (Å²) in [6.45, 7) is 2.95. The lowest BCUT2D eigenvalue weighted by atomic mass is 10.2. The Morgan fingerprint density at radius 3 is 2.89 bits per heavy atom. The molecule has 0 unspecified atom stereocenters. The molecule has 1 rings (SSSR count). The molecule has 1 aromatic heterocycles. The van der Waals surface area contributed by atoms with Gasteiger partial charge in [-0.05, 0) is 18.6 Å². The van der Waals surface area contributed by atoms with Crippen LogP contribution in [0.15, 0.2) is 18.2 Å². The average molecular weight is 252 g/mol. The SMILES string of the molecule is CCCCN(CCO)C(=O)c1cccc(NN)n1. The van der Waals surface area contributed by atoms with E-state index in [9.17, 15) is 4.79 Å². The van der Waals surface area contributed by atoms with E-state index in [1.54, 1.807) is 23.1 Å². The van der Waals surface area contributed by atoms with E-state index in [2.05, 4.69) is 17.3 Å². The van der Waals surface area contributed by atoms with Gasteiger partial charge in [-0.2, -0.15) is 0 Å². The van der Waals surface area contributed by atoms with Gasteiger partial charge in [0.15, 0.2) is 0 Å². The molecule has 100 valence electrons. The van der Waals surface area contributed by atoms with Crippen LogP contribution in [0.5, 0.6) is 0 Å². The lowest BCUT2D eigenvalue weighted by Gasteiger charge is -2.21. The van der Waals surface area contributed by atoms with Crippen molar-refractivity contribution in [3.8, 4) is 0 Å². The van der Waals surface area contributed by atoms with Gasteiger partial charge in [0.25, 0.3) is 5.91 Å². The molecule has 0 bridgehead atoms. The first-order valence-corrected chi connectivity index (χ1v) is 6.06. The number of nitrogens with zero attached hydrogens (tertiary/aromatic N) is 2. The van der Waals surface area contributed by atoms with Crippen LogP contribution < -0.4 is 11.3 Å². The quantitative estimate of drug-likeness (QED) is 0.488. The molecule has 0 aliphatic carbocycles. The summed E-state index contributed by atoms with van der Waals surface area (Å²) in [5, 5.41) is 8.99. The molecule has 0 saturated carbocycles. The van der Waals surface area contributed by atoms with E-state index in [1.165, 1.54) is 0 Å². The minimum atomic E-state index is -0.186.